The number of nitrogens with one attached hydrogen (secondary N) is 1. The van der Waals surface area contributed by atoms with E-state index in [1.807, 2.05) is 18.2 Å². The summed E-state index contributed by atoms with van der Waals surface area (Å²) in [6.45, 7) is 0. The molecule has 3 rings (SSSR count). The first-order valence-electron chi connectivity index (χ1n) is 5.78. The van der Waals surface area contributed by atoms with E-state index in [4.69, 9.17) is 11.0 Å². The summed E-state index contributed by atoms with van der Waals surface area (Å²) in [5.41, 5.74) is 7.99. The predicted octanol–water partition coefficient (Wildman–Crippen LogP) is 3.63. The summed E-state index contributed by atoms with van der Waals surface area (Å²) in [5.74, 6) is -0.441. The number of nitrogens with two attached hydrogens (primary N) is 1. The third kappa shape index (κ3) is 2.27. The molecule has 0 atom stereocenters. The normalized spacial score (nSPS) is 10.4. The van der Waals surface area contributed by atoms with Gasteiger partial charge in [0.15, 0.2) is 5.13 Å². The van der Waals surface area contributed by atoms with Crippen molar-refractivity contribution in [3.05, 3.63) is 47.8 Å². The van der Waals surface area contributed by atoms with Crippen LogP contribution >= 0.6 is 11.3 Å². The number of halogens is 1. The Morgan fingerprint density at radius 3 is 2.90 bits per heavy atom. The monoisotopic (exact) mass is 284 g/mol. The fourth-order valence-corrected chi connectivity index (χ4v) is 2.75. The first-order valence-corrected chi connectivity index (χ1v) is 6.60. The molecule has 1 aromatic heterocycles. The van der Waals surface area contributed by atoms with Gasteiger partial charge in [-0.2, -0.15) is 5.26 Å². The standard InChI is InChI=1S/C14H9FN4S/c15-9-1-3-11(8(5-9)7-16)18-14-19-12-4-2-10(17)6-13(12)20-14/h1-6H,17H2,(H,18,19). The highest BCUT2D eigenvalue weighted by Crippen LogP contribution is 2.30. The van der Waals surface area contributed by atoms with Crippen LogP contribution in [0.4, 0.5) is 20.9 Å². The largest absolute Gasteiger partial charge is 0.399 e. The number of hydrogen-bond donors (Lipinski definition) is 2. The molecular weight excluding hydrogens is 275 g/mol. The number of thiazole rings is 1. The van der Waals surface area contributed by atoms with Crippen molar-refractivity contribution in [1.29, 1.82) is 5.26 Å². The number of rotatable bonds is 2. The fourth-order valence-electron chi connectivity index (χ4n) is 1.83. The van der Waals surface area contributed by atoms with Gasteiger partial charge in [-0.05, 0) is 36.4 Å². The second-order valence-corrected chi connectivity index (χ2v) is 5.20. The number of fused-ring (bicyclic) bond motifs is 1. The molecule has 1 heterocycles. The topological polar surface area (TPSA) is 74.7 Å². The Kier molecular flexibility index (Phi) is 2.97. The predicted molar refractivity (Wildman–Crippen MR) is 78.4 cm³/mol. The molecule has 0 amide bonds. The number of nitrogens with zero attached hydrogens (tertiary/aromatic N) is 2. The number of anilines is 3. The van der Waals surface area contributed by atoms with Crippen molar-refractivity contribution in [2.45, 2.75) is 0 Å². The highest BCUT2D eigenvalue weighted by atomic mass is 32.1. The van der Waals surface area contributed by atoms with Gasteiger partial charge >= 0.3 is 0 Å². The van der Waals surface area contributed by atoms with E-state index >= 15 is 0 Å². The molecule has 0 spiro atoms. The molecule has 3 aromatic rings. The summed E-state index contributed by atoms with van der Waals surface area (Å²) >= 11 is 1.42. The molecule has 0 fully saturated rings. The van der Waals surface area contributed by atoms with E-state index in [9.17, 15) is 4.39 Å². The van der Waals surface area contributed by atoms with Gasteiger partial charge in [-0.3, -0.25) is 0 Å². The second kappa shape index (κ2) is 4.79. The summed E-state index contributed by atoms with van der Waals surface area (Å²) in [6.07, 6.45) is 0. The Bertz CT molecular complexity index is 835. The van der Waals surface area contributed by atoms with Gasteiger partial charge in [0, 0.05) is 5.69 Å². The zero-order chi connectivity index (χ0) is 14.1. The van der Waals surface area contributed by atoms with Crippen LogP contribution in [0.15, 0.2) is 36.4 Å². The molecule has 20 heavy (non-hydrogen) atoms. The van der Waals surface area contributed by atoms with Crippen molar-refractivity contribution in [1.82, 2.24) is 4.98 Å². The molecule has 0 aliphatic carbocycles. The first kappa shape index (κ1) is 12.4. The van der Waals surface area contributed by atoms with Gasteiger partial charge in [-0.25, -0.2) is 9.37 Å². The van der Waals surface area contributed by atoms with E-state index in [0.717, 1.165) is 10.2 Å². The first-order chi connectivity index (χ1) is 9.65. The van der Waals surface area contributed by atoms with Gasteiger partial charge in [-0.15, -0.1) is 0 Å². The Balaban J connectivity index is 1.99. The van der Waals surface area contributed by atoms with Crippen LogP contribution in [0.3, 0.4) is 0 Å². The van der Waals surface area contributed by atoms with Crippen molar-refractivity contribution < 1.29 is 4.39 Å². The lowest BCUT2D eigenvalue weighted by Gasteiger charge is -2.04. The quantitative estimate of drug-likeness (QED) is 0.705. The zero-order valence-electron chi connectivity index (χ0n) is 10.2. The minimum Gasteiger partial charge on any atom is -0.399 e. The molecule has 2 aromatic carbocycles. The summed E-state index contributed by atoms with van der Waals surface area (Å²) in [5, 5.41) is 12.7. The van der Waals surface area contributed by atoms with E-state index < -0.39 is 5.82 Å². The van der Waals surface area contributed by atoms with Crippen molar-refractivity contribution >= 4 is 38.1 Å². The lowest BCUT2D eigenvalue weighted by atomic mass is 10.2. The van der Waals surface area contributed by atoms with Crippen LogP contribution in [0.2, 0.25) is 0 Å². The van der Waals surface area contributed by atoms with Crippen LogP contribution in [0.1, 0.15) is 5.56 Å². The summed E-state index contributed by atoms with van der Waals surface area (Å²) in [7, 11) is 0. The van der Waals surface area contributed by atoms with E-state index in [-0.39, 0.29) is 5.56 Å². The number of nitrogen functional groups attached to an aromatic ring is 1. The van der Waals surface area contributed by atoms with Gasteiger partial charge in [0.25, 0.3) is 0 Å². The molecule has 0 aliphatic heterocycles. The van der Waals surface area contributed by atoms with Crippen molar-refractivity contribution in [3.63, 3.8) is 0 Å². The lowest BCUT2D eigenvalue weighted by Crippen LogP contribution is -1.93. The summed E-state index contributed by atoms with van der Waals surface area (Å²) in [4.78, 5) is 4.40. The highest BCUT2D eigenvalue weighted by molar-refractivity contribution is 7.22. The number of hydrogen-bond acceptors (Lipinski definition) is 5. The molecule has 3 N–H and O–H groups in total. The van der Waals surface area contributed by atoms with Gasteiger partial charge in [0.2, 0.25) is 0 Å². The van der Waals surface area contributed by atoms with Crippen molar-refractivity contribution in [3.8, 4) is 6.07 Å². The maximum Gasteiger partial charge on any atom is 0.188 e. The Morgan fingerprint density at radius 2 is 2.10 bits per heavy atom. The number of aromatic nitrogens is 1. The van der Waals surface area contributed by atoms with Crippen LogP contribution in [0.5, 0.6) is 0 Å². The molecule has 0 saturated carbocycles. The molecule has 0 aliphatic rings. The van der Waals surface area contributed by atoms with Crippen LogP contribution in [-0.4, -0.2) is 4.98 Å². The molecule has 0 bridgehead atoms. The SMILES string of the molecule is N#Cc1cc(F)ccc1Nc1nc2ccc(N)cc2s1. The number of nitriles is 1. The van der Waals surface area contributed by atoms with E-state index in [1.165, 1.54) is 29.5 Å². The molecule has 98 valence electrons. The van der Waals surface area contributed by atoms with Crippen molar-refractivity contribution in [2.24, 2.45) is 0 Å². The average Bonchev–Trinajstić information content (AvgIpc) is 2.82. The van der Waals surface area contributed by atoms with E-state index in [1.54, 1.807) is 6.07 Å². The van der Waals surface area contributed by atoms with Crippen LogP contribution in [-0.2, 0) is 0 Å². The molecule has 6 heteroatoms. The zero-order valence-corrected chi connectivity index (χ0v) is 11.0. The minimum absolute atomic E-state index is 0.240. The molecule has 4 nitrogen and oxygen atoms in total. The third-order valence-corrected chi connectivity index (χ3v) is 3.69. The van der Waals surface area contributed by atoms with Crippen molar-refractivity contribution in [2.75, 3.05) is 11.1 Å². The lowest BCUT2D eigenvalue weighted by molar-refractivity contribution is 0.627. The van der Waals surface area contributed by atoms with Crippen LogP contribution in [0.25, 0.3) is 10.2 Å². The average molecular weight is 284 g/mol. The van der Waals surface area contributed by atoms with Gasteiger partial charge in [-0.1, -0.05) is 11.3 Å². The smallest absolute Gasteiger partial charge is 0.188 e. The van der Waals surface area contributed by atoms with Crippen LogP contribution < -0.4 is 11.1 Å². The Morgan fingerprint density at radius 1 is 1.25 bits per heavy atom. The van der Waals surface area contributed by atoms with Gasteiger partial charge < -0.3 is 11.1 Å². The summed E-state index contributed by atoms with van der Waals surface area (Å²) < 4.78 is 14.0. The second-order valence-electron chi connectivity index (χ2n) is 4.17. The minimum atomic E-state index is -0.441. The van der Waals surface area contributed by atoms with Gasteiger partial charge in [0.1, 0.15) is 11.9 Å². The van der Waals surface area contributed by atoms with Crippen LogP contribution in [0, 0.1) is 17.1 Å². The molecule has 0 radical (unpaired) electrons. The number of benzene rings is 2. The molecule has 0 saturated heterocycles. The van der Waals surface area contributed by atoms with E-state index in [2.05, 4.69) is 10.3 Å². The van der Waals surface area contributed by atoms with Gasteiger partial charge in [0.05, 0.1) is 21.5 Å². The molecule has 0 unspecified atom stereocenters. The fraction of sp³-hybridized carbons (Fsp3) is 0. The summed E-state index contributed by atoms with van der Waals surface area (Å²) in [6, 6.07) is 11.4. The Hall–Kier alpha value is -2.65. The maximum absolute atomic E-state index is 13.1. The third-order valence-electron chi connectivity index (χ3n) is 2.76. The molecular formula is C14H9FN4S. The maximum atomic E-state index is 13.1. The highest BCUT2D eigenvalue weighted by Gasteiger charge is 2.08. The Labute approximate surface area is 118 Å². The van der Waals surface area contributed by atoms with E-state index in [0.29, 0.717) is 16.5 Å².